The van der Waals surface area contributed by atoms with E-state index in [1.807, 2.05) is 41.5 Å². The van der Waals surface area contributed by atoms with Gasteiger partial charge in [0.1, 0.15) is 5.82 Å². The Bertz CT molecular complexity index is 453. The molecule has 1 amide bonds. The molecule has 0 fully saturated rings. The molecule has 1 aromatic rings. The molecule has 0 aliphatic heterocycles. The first-order valence-corrected chi connectivity index (χ1v) is 6.13. The van der Waals surface area contributed by atoms with E-state index in [0.29, 0.717) is 5.69 Å². The number of hydrogen-bond donors (Lipinski definition) is 1. The highest BCUT2D eigenvalue weighted by Gasteiger charge is 2.25. The van der Waals surface area contributed by atoms with Crippen molar-refractivity contribution in [2.75, 3.05) is 5.32 Å². The molecule has 2 nitrogen and oxygen atoms in total. The first-order chi connectivity index (χ1) is 8.01. The molecule has 0 unspecified atom stereocenters. The molecule has 0 radical (unpaired) electrons. The third-order valence-corrected chi connectivity index (χ3v) is 2.72. The van der Waals surface area contributed by atoms with Gasteiger partial charge in [0.2, 0.25) is 5.91 Å². The molecular formula is C15H22FNO. The second-order valence-electron chi connectivity index (χ2n) is 6.64. The van der Waals surface area contributed by atoms with Gasteiger partial charge in [0.05, 0.1) is 0 Å². The molecule has 3 heteroatoms. The number of carbonyl (C=O) groups is 1. The van der Waals surface area contributed by atoms with E-state index in [4.69, 9.17) is 0 Å². The van der Waals surface area contributed by atoms with Gasteiger partial charge in [0.15, 0.2) is 0 Å². The van der Waals surface area contributed by atoms with Crippen LogP contribution in [-0.4, -0.2) is 5.91 Å². The molecule has 0 saturated carbocycles. The van der Waals surface area contributed by atoms with E-state index in [0.717, 1.165) is 5.56 Å². The lowest BCUT2D eigenvalue weighted by Gasteiger charge is -2.25. The van der Waals surface area contributed by atoms with E-state index < -0.39 is 5.41 Å². The summed E-state index contributed by atoms with van der Waals surface area (Å²) in [5.74, 6) is -0.353. The van der Waals surface area contributed by atoms with Gasteiger partial charge >= 0.3 is 0 Å². The fourth-order valence-corrected chi connectivity index (χ4v) is 1.56. The van der Waals surface area contributed by atoms with Crippen LogP contribution in [0, 0.1) is 11.2 Å². The van der Waals surface area contributed by atoms with Crippen molar-refractivity contribution in [3.8, 4) is 0 Å². The molecule has 0 spiro atoms. The van der Waals surface area contributed by atoms with Gasteiger partial charge in [-0.25, -0.2) is 4.39 Å². The Morgan fingerprint density at radius 2 is 1.67 bits per heavy atom. The summed E-state index contributed by atoms with van der Waals surface area (Å²) >= 11 is 0. The Balaban J connectivity index is 3.14. The van der Waals surface area contributed by atoms with Crippen LogP contribution < -0.4 is 5.32 Å². The van der Waals surface area contributed by atoms with Gasteiger partial charge in [-0.15, -0.1) is 0 Å². The number of halogens is 1. The summed E-state index contributed by atoms with van der Waals surface area (Å²) < 4.78 is 13.3. The smallest absolute Gasteiger partial charge is 0.229 e. The number of hydrogen-bond acceptors (Lipinski definition) is 1. The number of carbonyl (C=O) groups excluding carboxylic acids is 1. The summed E-state index contributed by atoms with van der Waals surface area (Å²) in [5.41, 5.74) is 0.801. The van der Waals surface area contributed by atoms with Crippen molar-refractivity contribution in [3.05, 3.63) is 29.6 Å². The fourth-order valence-electron chi connectivity index (χ4n) is 1.56. The third kappa shape index (κ3) is 3.56. The van der Waals surface area contributed by atoms with Gasteiger partial charge in [0.25, 0.3) is 0 Å². The molecule has 0 aromatic heterocycles. The van der Waals surface area contributed by atoms with Crippen LogP contribution in [-0.2, 0) is 10.2 Å². The average molecular weight is 251 g/mol. The number of rotatable bonds is 1. The van der Waals surface area contributed by atoms with Crippen LogP contribution >= 0.6 is 0 Å². The first-order valence-electron chi connectivity index (χ1n) is 6.13. The minimum absolute atomic E-state index is 0.0698. The summed E-state index contributed by atoms with van der Waals surface area (Å²) in [4.78, 5) is 12.0. The van der Waals surface area contributed by atoms with Crippen LogP contribution in [0.3, 0.4) is 0 Å². The van der Waals surface area contributed by atoms with E-state index in [-0.39, 0.29) is 17.1 Å². The van der Waals surface area contributed by atoms with Gasteiger partial charge < -0.3 is 5.32 Å². The summed E-state index contributed by atoms with van der Waals surface area (Å²) in [6, 6.07) is 4.48. The average Bonchev–Trinajstić information content (AvgIpc) is 2.17. The third-order valence-electron chi connectivity index (χ3n) is 2.72. The molecule has 100 valence electrons. The van der Waals surface area contributed by atoms with Crippen molar-refractivity contribution in [1.82, 2.24) is 0 Å². The highest BCUT2D eigenvalue weighted by molar-refractivity contribution is 5.95. The normalized spacial score (nSPS) is 12.4. The summed E-state index contributed by atoms with van der Waals surface area (Å²) in [6.45, 7) is 11.5. The van der Waals surface area contributed by atoms with Crippen LogP contribution in [0.5, 0.6) is 0 Å². The van der Waals surface area contributed by atoms with Crippen LogP contribution in [0.1, 0.15) is 47.1 Å². The van der Waals surface area contributed by atoms with Crippen LogP contribution in [0.4, 0.5) is 10.1 Å². The van der Waals surface area contributed by atoms with Gasteiger partial charge in [-0.2, -0.15) is 0 Å². The molecule has 0 heterocycles. The van der Waals surface area contributed by atoms with Gasteiger partial charge in [-0.1, -0.05) is 41.5 Å². The zero-order chi connectivity index (χ0) is 14.1. The van der Waals surface area contributed by atoms with Gasteiger partial charge in [-0.05, 0) is 29.2 Å². The Hall–Kier alpha value is -1.38. The van der Waals surface area contributed by atoms with Crippen LogP contribution in [0.25, 0.3) is 0 Å². The topological polar surface area (TPSA) is 29.1 Å². The molecular weight excluding hydrogens is 229 g/mol. The number of nitrogens with one attached hydrogen (secondary N) is 1. The highest BCUT2D eigenvalue weighted by atomic mass is 19.1. The van der Waals surface area contributed by atoms with E-state index in [1.54, 1.807) is 6.07 Å². The predicted octanol–water partition coefficient (Wildman–Crippen LogP) is 4.11. The molecule has 1 rings (SSSR count). The maximum Gasteiger partial charge on any atom is 0.229 e. The minimum Gasteiger partial charge on any atom is -0.325 e. The van der Waals surface area contributed by atoms with Crippen LogP contribution in [0.15, 0.2) is 18.2 Å². The standard InChI is InChI=1S/C15H22FNO/c1-14(2,3)11-9-10(16)7-8-12(11)17-13(18)15(4,5)6/h7-9H,1-6H3,(H,17,18). The minimum atomic E-state index is -0.469. The Morgan fingerprint density at radius 3 is 2.11 bits per heavy atom. The molecule has 1 N–H and O–H groups in total. The van der Waals surface area contributed by atoms with Crippen LogP contribution in [0.2, 0.25) is 0 Å². The zero-order valence-corrected chi connectivity index (χ0v) is 12.0. The molecule has 0 atom stereocenters. The lowest BCUT2D eigenvalue weighted by molar-refractivity contribution is -0.123. The van der Waals surface area contributed by atoms with E-state index in [1.165, 1.54) is 12.1 Å². The van der Waals surface area contributed by atoms with Crippen molar-refractivity contribution in [2.45, 2.75) is 47.0 Å². The highest BCUT2D eigenvalue weighted by Crippen LogP contribution is 2.31. The molecule has 1 aromatic carbocycles. The van der Waals surface area contributed by atoms with Gasteiger partial charge in [0, 0.05) is 11.1 Å². The summed E-state index contributed by atoms with van der Waals surface area (Å²) in [6.07, 6.45) is 0. The molecule has 0 bridgehead atoms. The van der Waals surface area contributed by atoms with E-state index in [2.05, 4.69) is 5.32 Å². The number of anilines is 1. The Labute approximate surface area is 109 Å². The molecule has 0 saturated heterocycles. The van der Waals surface area contributed by atoms with Crippen molar-refractivity contribution < 1.29 is 9.18 Å². The molecule has 0 aliphatic carbocycles. The lowest BCUT2D eigenvalue weighted by atomic mass is 9.85. The second-order valence-corrected chi connectivity index (χ2v) is 6.64. The fraction of sp³-hybridized carbons (Fsp3) is 0.533. The second kappa shape index (κ2) is 4.71. The van der Waals surface area contributed by atoms with E-state index >= 15 is 0 Å². The monoisotopic (exact) mass is 251 g/mol. The predicted molar refractivity (Wildman–Crippen MR) is 73.2 cm³/mol. The Kier molecular flexibility index (Phi) is 3.84. The van der Waals surface area contributed by atoms with Crippen molar-refractivity contribution in [1.29, 1.82) is 0 Å². The molecule has 18 heavy (non-hydrogen) atoms. The largest absolute Gasteiger partial charge is 0.325 e. The first kappa shape index (κ1) is 14.7. The van der Waals surface area contributed by atoms with Gasteiger partial charge in [-0.3, -0.25) is 4.79 Å². The summed E-state index contributed by atoms with van der Waals surface area (Å²) in [7, 11) is 0. The quantitative estimate of drug-likeness (QED) is 0.799. The lowest BCUT2D eigenvalue weighted by Crippen LogP contribution is -2.29. The Morgan fingerprint density at radius 1 is 1.11 bits per heavy atom. The number of benzene rings is 1. The maximum atomic E-state index is 13.3. The zero-order valence-electron chi connectivity index (χ0n) is 12.0. The van der Waals surface area contributed by atoms with Crippen molar-refractivity contribution in [3.63, 3.8) is 0 Å². The maximum absolute atomic E-state index is 13.3. The molecule has 0 aliphatic rings. The van der Waals surface area contributed by atoms with Crippen molar-refractivity contribution >= 4 is 11.6 Å². The van der Waals surface area contributed by atoms with E-state index in [9.17, 15) is 9.18 Å². The number of amides is 1. The SMILES string of the molecule is CC(C)(C)C(=O)Nc1ccc(F)cc1C(C)(C)C. The summed E-state index contributed by atoms with van der Waals surface area (Å²) in [5, 5.41) is 2.88. The van der Waals surface area contributed by atoms with Crippen molar-refractivity contribution in [2.24, 2.45) is 5.41 Å².